The highest BCUT2D eigenvalue weighted by Gasteiger charge is 2.24. The van der Waals surface area contributed by atoms with Crippen LogP contribution in [0.15, 0.2) is 36.9 Å². The van der Waals surface area contributed by atoms with Crippen LogP contribution in [0.4, 0.5) is 14.5 Å². The standard InChI is InChI=1S/C17H12F2N6O/c1-25-7-8(4-23-25)12-6-22-17-15(24-12)9(5-21-17)16(26)13-10(18)2-3-11(20)14(13)19/h2-7H,20H2,1H3,(H,21,22). The molecule has 0 saturated carbocycles. The summed E-state index contributed by atoms with van der Waals surface area (Å²) in [6.45, 7) is 0. The molecule has 0 radical (unpaired) electrons. The molecular formula is C17H12F2N6O. The van der Waals surface area contributed by atoms with Gasteiger partial charge >= 0.3 is 0 Å². The van der Waals surface area contributed by atoms with Gasteiger partial charge in [0.25, 0.3) is 0 Å². The number of carbonyl (C=O) groups is 1. The second-order valence-electron chi connectivity index (χ2n) is 5.71. The van der Waals surface area contributed by atoms with Crippen LogP contribution in [0.25, 0.3) is 22.4 Å². The molecule has 3 N–H and O–H groups in total. The second kappa shape index (κ2) is 5.73. The number of anilines is 1. The number of hydrogen-bond acceptors (Lipinski definition) is 5. The molecule has 4 rings (SSSR count). The molecule has 0 atom stereocenters. The first-order chi connectivity index (χ1) is 12.5. The zero-order valence-corrected chi connectivity index (χ0v) is 13.5. The summed E-state index contributed by atoms with van der Waals surface area (Å²) in [5.41, 5.74) is 6.13. The van der Waals surface area contributed by atoms with Crippen molar-refractivity contribution in [2.45, 2.75) is 0 Å². The van der Waals surface area contributed by atoms with Crippen LogP contribution in [-0.4, -0.2) is 30.5 Å². The number of nitrogens with zero attached hydrogens (tertiary/aromatic N) is 4. The zero-order valence-electron chi connectivity index (χ0n) is 13.5. The Morgan fingerprint density at radius 1 is 1.27 bits per heavy atom. The fraction of sp³-hybridized carbons (Fsp3) is 0.0588. The molecule has 0 aliphatic carbocycles. The lowest BCUT2D eigenvalue weighted by Gasteiger charge is -2.05. The number of aromatic nitrogens is 5. The van der Waals surface area contributed by atoms with Crippen molar-refractivity contribution in [3.05, 3.63) is 59.7 Å². The number of carbonyl (C=O) groups excluding carboxylic acids is 1. The summed E-state index contributed by atoms with van der Waals surface area (Å²) in [4.78, 5) is 24.1. The molecule has 0 saturated heterocycles. The molecule has 1 aromatic carbocycles. The van der Waals surface area contributed by atoms with Crippen molar-refractivity contribution in [3.8, 4) is 11.3 Å². The third-order valence-corrected chi connectivity index (χ3v) is 3.97. The first-order valence-corrected chi connectivity index (χ1v) is 7.57. The lowest BCUT2D eigenvalue weighted by molar-refractivity contribution is 0.103. The molecule has 3 heterocycles. The van der Waals surface area contributed by atoms with Crippen molar-refractivity contribution in [1.82, 2.24) is 24.7 Å². The van der Waals surface area contributed by atoms with Gasteiger partial charge in [0.1, 0.15) is 11.3 Å². The maximum absolute atomic E-state index is 14.2. The van der Waals surface area contributed by atoms with E-state index in [0.717, 1.165) is 12.1 Å². The highest BCUT2D eigenvalue weighted by atomic mass is 19.1. The Labute approximate surface area is 145 Å². The van der Waals surface area contributed by atoms with Crippen molar-refractivity contribution in [1.29, 1.82) is 0 Å². The van der Waals surface area contributed by atoms with Crippen LogP contribution in [-0.2, 0) is 7.05 Å². The number of nitrogens with two attached hydrogens (primary N) is 1. The van der Waals surface area contributed by atoms with Gasteiger partial charge in [0.2, 0.25) is 5.78 Å². The normalized spacial score (nSPS) is 11.2. The Kier molecular flexibility index (Phi) is 3.50. The molecule has 4 aromatic rings. The van der Waals surface area contributed by atoms with Crippen molar-refractivity contribution < 1.29 is 13.6 Å². The van der Waals surface area contributed by atoms with Crippen molar-refractivity contribution in [2.75, 3.05) is 5.73 Å². The van der Waals surface area contributed by atoms with Gasteiger partial charge in [0.05, 0.1) is 34.9 Å². The third kappa shape index (κ3) is 2.41. The number of benzene rings is 1. The quantitative estimate of drug-likeness (QED) is 0.435. The fourth-order valence-electron chi connectivity index (χ4n) is 2.67. The first-order valence-electron chi connectivity index (χ1n) is 7.57. The maximum Gasteiger partial charge on any atom is 0.202 e. The number of hydrogen-bond donors (Lipinski definition) is 2. The van der Waals surface area contributed by atoms with Crippen molar-refractivity contribution in [3.63, 3.8) is 0 Å². The summed E-state index contributed by atoms with van der Waals surface area (Å²) in [6.07, 6.45) is 6.18. The van der Waals surface area contributed by atoms with E-state index in [4.69, 9.17) is 5.73 Å². The molecule has 0 aliphatic heterocycles. The zero-order chi connectivity index (χ0) is 18.4. The van der Waals surface area contributed by atoms with E-state index >= 15 is 0 Å². The topological polar surface area (TPSA) is 102 Å². The van der Waals surface area contributed by atoms with E-state index in [0.29, 0.717) is 16.9 Å². The third-order valence-electron chi connectivity index (χ3n) is 3.97. The Balaban J connectivity index is 1.87. The van der Waals surface area contributed by atoms with Gasteiger partial charge in [0.15, 0.2) is 11.5 Å². The van der Waals surface area contributed by atoms with E-state index in [2.05, 4.69) is 20.1 Å². The minimum Gasteiger partial charge on any atom is -0.396 e. The summed E-state index contributed by atoms with van der Waals surface area (Å²) in [6, 6.07) is 2.02. The molecule has 9 heteroatoms. The number of rotatable bonds is 3. The number of fused-ring (bicyclic) bond motifs is 1. The Bertz CT molecular complexity index is 1160. The van der Waals surface area contributed by atoms with Crippen molar-refractivity contribution >= 4 is 22.6 Å². The van der Waals surface area contributed by atoms with E-state index < -0.39 is 23.0 Å². The van der Waals surface area contributed by atoms with Crippen LogP contribution < -0.4 is 5.73 Å². The summed E-state index contributed by atoms with van der Waals surface area (Å²) < 4.78 is 29.9. The van der Waals surface area contributed by atoms with Gasteiger partial charge in [0, 0.05) is 25.0 Å². The average molecular weight is 354 g/mol. The van der Waals surface area contributed by atoms with E-state index in [1.807, 2.05) is 0 Å². The van der Waals surface area contributed by atoms with E-state index in [-0.39, 0.29) is 16.8 Å². The van der Waals surface area contributed by atoms with Gasteiger partial charge in [-0.15, -0.1) is 0 Å². The number of ketones is 1. The Morgan fingerprint density at radius 2 is 2.08 bits per heavy atom. The monoisotopic (exact) mass is 354 g/mol. The van der Waals surface area contributed by atoms with Gasteiger partial charge < -0.3 is 10.7 Å². The molecule has 0 unspecified atom stereocenters. The minimum absolute atomic E-state index is 0.00152. The van der Waals surface area contributed by atoms with Gasteiger partial charge in [-0.05, 0) is 12.1 Å². The number of halogens is 2. The molecule has 7 nitrogen and oxygen atoms in total. The predicted molar refractivity (Wildman–Crippen MR) is 90.3 cm³/mol. The number of H-pyrrole nitrogens is 1. The SMILES string of the molecule is Cn1cc(-c2cnc3[nH]cc(C(=O)c4c(F)ccc(N)c4F)c3n2)cn1. The minimum atomic E-state index is -1.10. The first kappa shape index (κ1) is 15.9. The molecule has 0 aliphatic rings. The largest absolute Gasteiger partial charge is 0.396 e. The van der Waals surface area contributed by atoms with Gasteiger partial charge in [-0.2, -0.15) is 5.10 Å². The van der Waals surface area contributed by atoms with E-state index in [1.165, 1.54) is 12.4 Å². The highest BCUT2D eigenvalue weighted by molar-refractivity contribution is 6.15. The number of nitrogen functional groups attached to an aromatic ring is 1. The van der Waals surface area contributed by atoms with Crippen LogP contribution in [0.2, 0.25) is 0 Å². The number of aromatic amines is 1. The van der Waals surface area contributed by atoms with Crippen LogP contribution in [0.1, 0.15) is 15.9 Å². The Morgan fingerprint density at radius 3 is 2.81 bits per heavy atom. The second-order valence-corrected chi connectivity index (χ2v) is 5.71. The van der Waals surface area contributed by atoms with Gasteiger partial charge in [-0.3, -0.25) is 9.48 Å². The molecule has 0 fully saturated rings. The molecule has 26 heavy (non-hydrogen) atoms. The van der Waals surface area contributed by atoms with E-state index in [9.17, 15) is 13.6 Å². The maximum atomic E-state index is 14.2. The molecule has 0 spiro atoms. The van der Waals surface area contributed by atoms with Crippen LogP contribution in [0.5, 0.6) is 0 Å². The predicted octanol–water partition coefficient (Wildman–Crippen LogP) is 2.45. The number of nitrogens with one attached hydrogen (secondary N) is 1. The molecule has 3 aromatic heterocycles. The van der Waals surface area contributed by atoms with Crippen LogP contribution >= 0.6 is 0 Å². The highest BCUT2D eigenvalue weighted by Crippen LogP contribution is 2.26. The van der Waals surface area contributed by atoms with Crippen LogP contribution in [0.3, 0.4) is 0 Å². The smallest absolute Gasteiger partial charge is 0.202 e. The molecule has 0 amide bonds. The molecule has 0 bridgehead atoms. The lowest BCUT2D eigenvalue weighted by Crippen LogP contribution is -2.09. The number of aryl methyl sites for hydroxylation is 1. The summed E-state index contributed by atoms with van der Waals surface area (Å²) >= 11 is 0. The van der Waals surface area contributed by atoms with Crippen LogP contribution in [0, 0.1) is 11.6 Å². The summed E-state index contributed by atoms with van der Waals surface area (Å²) in [5.74, 6) is -2.95. The van der Waals surface area contributed by atoms with Gasteiger partial charge in [-0.1, -0.05) is 0 Å². The average Bonchev–Trinajstić information content (AvgIpc) is 3.24. The molecular weight excluding hydrogens is 342 g/mol. The summed E-state index contributed by atoms with van der Waals surface area (Å²) in [5, 5.41) is 4.06. The van der Waals surface area contributed by atoms with Gasteiger partial charge in [-0.25, -0.2) is 18.7 Å². The Hall–Kier alpha value is -3.62. The molecule has 130 valence electrons. The fourth-order valence-corrected chi connectivity index (χ4v) is 2.67. The van der Waals surface area contributed by atoms with Crippen molar-refractivity contribution in [2.24, 2.45) is 7.05 Å². The lowest BCUT2D eigenvalue weighted by atomic mass is 10.0. The van der Waals surface area contributed by atoms with E-state index in [1.54, 1.807) is 24.1 Å². The summed E-state index contributed by atoms with van der Waals surface area (Å²) in [7, 11) is 1.76.